The second-order valence-electron chi connectivity index (χ2n) is 6.94. The Labute approximate surface area is 163 Å². The summed E-state index contributed by atoms with van der Waals surface area (Å²) < 4.78 is 14.1. The van der Waals surface area contributed by atoms with Crippen LogP contribution in [0, 0.1) is 5.82 Å². The molecule has 1 aliphatic rings. The van der Waals surface area contributed by atoms with E-state index in [1.54, 1.807) is 13.0 Å². The van der Waals surface area contributed by atoms with Gasteiger partial charge in [-0.15, -0.1) is 0 Å². The van der Waals surface area contributed by atoms with Crippen molar-refractivity contribution in [1.29, 1.82) is 0 Å². The van der Waals surface area contributed by atoms with Crippen LogP contribution in [0.2, 0.25) is 5.02 Å². The molecule has 2 aromatic rings. The predicted octanol–water partition coefficient (Wildman–Crippen LogP) is 3.69. The lowest BCUT2D eigenvalue weighted by Crippen LogP contribution is -2.43. The molecular weight excluding hydrogens is 367 g/mol. The Morgan fingerprint density at radius 1 is 1.22 bits per heavy atom. The van der Waals surface area contributed by atoms with Gasteiger partial charge in [0.1, 0.15) is 11.6 Å². The molecular formula is C21H24ClFN2O2. The Hall–Kier alpha value is -2.08. The minimum Gasteiger partial charge on any atom is -0.394 e. The lowest BCUT2D eigenvalue weighted by Gasteiger charge is -2.41. The molecule has 0 bridgehead atoms. The number of rotatable bonds is 6. The van der Waals surface area contributed by atoms with Gasteiger partial charge in [-0.2, -0.15) is 0 Å². The Kier molecular flexibility index (Phi) is 6.05. The number of benzene rings is 2. The SMILES string of the molecule is CC(O)[C@H](c1ccc(Cl)c(F)c1)N1Cc2ccccc2C=C1N[C@@H](C)CO. The number of aliphatic hydroxyl groups excluding tert-OH is 2. The van der Waals surface area contributed by atoms with Gasteiger partial charge in [0.05, 0.1) is 23.8 Å². The van der Waals surface area contributed by atoms with E-state index in [1.807, 2.05) is 42.2 Å². The Morgan fingerprint density at radius 3 is 2.63 bits per heavy atom. The van der Waals surface area contributed by atoms with Crippen molar-refractivity contribution in [3.8, 4) is 0 Å². The van der Waals surface area contributed by atoms with Gasteiger partial charge in [0.25, 0.3) is 0 Å². The lowest BCUT2D eigenvalue weighted by atomic mass is 9.96. The topological polar surface area (TPSA) is 55.7 Å². The minimum absolute atomic E-state index is 0.0260. The van der Waals surface area contributed by atoms with Crippen LogP contribution in [0.15, 0.2) is 48.3 Å². The Balaban J connectivity index is 2.05. The van der Waals surface area contributed by atoms with Gasteiger partial charge in [-0.3, -0.25) is 0 Å². The van der Waals surface area contributed by atoms with Crippen molar-refractivity contribution >= 4 is 17.7 Å². The monoisotopic (exact) mass is 390 g/mol. The van der Waals surface area contributed by atoms with Gasteiger partial charge in [-0.25, -0.2) is 4.39 Å². The van der Waals surface area contributed by atoms with E-state index in [4.69, 9.17) is 11.6 Å². The zero-order valence-electron chi connectivity index (χ0n) is 15.4. The molecule has 1 heterocycles. The normalized spacial score (nSPS) is 17.0. The summed E-state index contributed by atoms with van der Waals surface area (Å²) in [6.07, 6.45) is 1.23. The van der Waals surface area contributed by atoms with Crippen LogP contribution in [0.5, 0.6) is 0 Å². The highest BCUT2D eigenvalue weighted by Gasteiger charge is 2.30. The largest absolute Gasteiger partial charge is 0.394 e. The molecule has 1 aliphatic heterocycles. The molecule has 2 aromatic carbocycles. The van der Waals surface area contributed by atoms with E-state index < -0.39 is 18.0 Å². The summed E-state index contributed by atoms with van der Waals surface area (Å²) in [6.45, 7) is 4.08. The molecule has 144 valence electrons. The molecule has 0 radical (unpaired) electrons. The van der Waals surface area contributed by atoms with Crippen LogP contribution < -0.4 is 5.32 Å². The van der Waals surface area contributed by atoms with Crippen LogP contribution in [-0.4, -0.2) is 33.9 Å². The summed E-state index contributed by atoms with van der Waals surface area (Å²) in [6, 6.07) is 12.0. The molecule has 0 aliphatic carbocycles. The first kappa shape index (κ1) is 19.7. The molecule has 3 atom stereocenters. The van der Waals surface area contributed by atoms with Gasteiger partial charge in [-0.1, -0.05) is 41.9 Å². The van der Waals surface area contributed by atoms with Crippen LogP contribution in [0.1, 0.15) is 36.6 Å². The quantitative estimate of drug-likeness (QED) is 0.704. The van der Waals surface area contributed by atoms with Gasteiger partial charge in [0.15, 0.2) is 0 Å². The number of aliphatic hydroxyl groups is 2. The van der Waals surface area contributed by atoms with Gasteiger partial charge >= 0.3 is 0 Å². The van der Waals surface area contributed by atoms with E-state index in [9.17, 15) is 14.6 Å². The highest BCUT2D eigenvalue weighted by molar-refractivity contribution is 6.30. The van der Waals surface area contributed by atoms with Gasteiger partial charge in [0, 0.05) is 12.6 Å². The van der Waals surface area contributed by atoms with Crippen molar-refractivity contribution in [2.45, 2.75) is 38.6 Å². The average Bonchev–Trinajstić information content (AvgIpc) is 2.64. The third-order valence-electron chi connectivity index (χ3n) is 4.74. The van der Waals surface area contributed by atoms with E-state index in [2.05, 4.69) is 5.32 Å². The number of halogens is 2. The molecule has 0 saturated carbocycles. The van der Waals surface area contributed by atoms with Crippen molar-refractivity contribution in [2.24, 2.45) is 0 Å². The van der Waals surface area contributed by atoms with Crippen LogP contribution in [0.3, 0.4) is 0 Å². The predicted molar refractivity (Wildman–Crippen MR) is 105 cm³/mol. The molecule has 0 amide bonds. The summed E-state index contributed by atoms with van der Waals surface area (Å²) in [5, 5.41) is 23.3. The Morgan fingerprint density at radius 2 is 1.96 bits per heavy atom. The third kappa shape index (κ3) is 4.26. The summed E-state index contributed by atoms with van der Waals surface area (Å²) in [7, 11) is 0. The summed E-state index contributed by atoms with van der Waals surface area (Å²) >= 11 is 5.83. The molecule has 1 unspecified atom stereocenters. The van der Waals surface area contributed by atoms with Crippen LogP contribution in [0.4, 0.5) is 4.39 Å². The summed E-state index contributed by atoms with van der Waals surface area (Å²) in [5.41, 5.74) is 2.82. The molecule has 0 saturated heterocycles. The number of fused-ring (bicyclic) bond motifs is 1. The van der Waals surface area contributed by atoms with Gasteiger partial charge < -0.3 is 20.4 Å². The first-order chi connectivity index (χ1) is 12.9. The highest BCUT2D eigenvalue weighted by Crippen LogP contribution is 2.35. The fourth-order valence-corrected chi connectivity index (χ4v) is 3.52. The third-order valence-corrected chi connectivity index (χ3v) is 5.05. The maximum Gasteiger partial charge on any atom is 0.142 e. The zero-order valence-corrected chi connectivity index (χ0v) is 16.1. The van der Waals surface area contributed by atoms with Crippen LogP contribution in [0.25, 0.3) is 6.08 Å². The fourth-order valence-electron chi connectivity index (χ4n) is 3.40. The van der Waals surface area contributed by atoms with Crippen molar-refractivity contribution in [3.05, 3.63) is 75.8 Å². The second kappa shape index (κ2) is 8.30. The Bertz CT molecular complexity index is 841. The first-order valence-electron chi connectivity index (χ1n) is 8.97. The molecule has 3 rings (SSSR count). The molecule has 3 N–H and O–H groups in total. The van der Waals surface area contributed by atoms with Crippen molar-refractivity contribution in [3.63, 3.8) is 0 Å². The standard InChI is InChI=1S/C21H24ClFN2O2/c1-13(12-26)24-20-10-15-5-3-4-6-17(15)11-25(20)21(14(2)27)16-7-8-18(22)19(23)9-16/h3-10,13-14,21,24,26-27H,11-12H2,1-2H3/t13-,14?,21+/m0/s1. The van der Waals surface area contributed by atoms with E-state index in [-0.39, 0.29) is 17.7 Å². The lowest BCUT2D eigenvalue weighted by molar-refractivity contribution is 0.0690. The van der Waals surface area contributed by atoms with Crippen molar-refractivity contribution in [1.82, 2.24) is 10.2 Å². The van der Waals surface area contributed by atoms with E-state index in [0.717, 1.165) is 16.9 Å². The second-order valence-corrected chi connectivity index (χ2v) is 7.35. The van der Waals surface area contributed by atoms with Gasteiger partial charge in [0.2, 0.25) is 0 Å². The number of nitrogens with zero attached hydrogens (tertiary/aromatic N) is 1. The summed E-state index contributed by atoms with van der Waals surface area (Å²) in [5.74, 6) is 0.260. The number of nitrogens with one attached hydrogen (secondary N) is 1. The number of hydrogen-bond acceptors (Lipinski definition) is 4. The zero-order chi connectivity index (χ0) is 19.6. The average molecular weight is 391 g/mol. The number of hydrogen-bond donors (Lipinski definition) is 3. The molecule has 0 aromatic heterocycles. The maximum absolute atomic E-state index is 14.1. The van der Waals surface area contributed by atoms with E-state index >= 15 is 0 Å². The van der Waals surface area contributed by atoms with Crippen molar-refractivity contribution < 1.29 is 14.6 Å². The fraction of sp³-hybridized carbons (Fsp3) is 0.333. The van der Waals surface area contributed by atoms with Gasteiger partial charge in [-0.05, 0) is 48.7 Å². The maximum atomic E-state index is 14.1. The van der Waals surface area contributed by atoms with Crippen LogP contribution in [-0.2, 0) is 6.54 Å². The van der Waals surface area contributed by atoms with E-state index in [1.165, 1.54) is 12.1 Å². The van der Waals surface area contributed by atoms with Crippen molar-refractivity contribution in [2.75, 3.05) is 6.61 Å². The van der Waals surface area contributed by atoms with Crippen LogP contribution >= 0.6 is 11.6 Å². The summed E-state index contributed by atoms with van der Waals surface area (Å²) in [4.78, 5) is 2.00. The molecule has 0 spiro atoms. The minimum atomic E-state index is -0.759. The highest BCUT2D eigenvalue weighted by atomic mass is 35.5. The smallest absolute Gasteiger partial charge is 0.142 e. The molecule has 6 heteroatoms. The molecule has 4 nitrogen and oxygen atoms in total. The molecule has 0 fully saturated rings. The first-order valence-corrected chi connectivity index (χ1v) is 9.35. The van der Waals surface area contributed by atoms with E-state index in [0.29, 0.717) is 12.1 Å². The molecule has 27 heavy (non-hydrogen) atoms.